The SMILES string of the molecule is CC(=O)NNC(=O)c1c(C)nn(-c2cc(Nc3c(O)c(-c4ccc(F)cc4)nn3CC3CC3)ncn2)c1C. The number of benzene rings is 1. The molecule has 1 aromatic carbocycles. The van der Waals surface area contributed by atoms with Gasteiger partial charge in [-0.15, -0.1) is 0 Å². The molecule has 13 heteroatoms. The molecule has 0 aliphatic heterocycles. The largest absolute Gasteiger partial charge is 0.503 e. The van der Waals surface area contributed by atoms with E-state index in [-0.39, 0.29) is 11.6 Å². The molecule has 0 spiro atoms. The van der Waals surface area contributed by atoms with Crippen molar-refractivity contribution >= 4 is 23.5 Å². The molecule has 0 unspecified atom stereocenters. The summed E-state index contributed by atoms with van der Waals surface area (Å²) in [4.78, 5) is 32.3. The van der Waals surface area contributed by atoms with E-state index >= 15 is 0 Å². The Labute approximate surface area is 216 Å². The highest BCUT2D eigenvalue weighted by Gasteiger charge is 2.27. The summed E-state index contributed by atoms with van der Waals surface area (Å²) in [5.74, 6) is 0.199. The summed E-state index contributed by atoms with van der Waals surface area (Å²) in [5, 5.41) is 23.2. The molecule has 0 radical (unpaired) electrons. The molecule has 2 amide bonds. The third-order valence-electron chi connectivity index (χ3n) is 6.16. The van der Waals surface area contributed by atoms with E-state index in [0.29, 0.717) is 58.1 Å². The average molecular weight is 520 g/mol. The lowest BCUT2D eigenvalue weighted by atomic mass is 10.1. The molecule has 0 saturated heterocycles. The summed E-state index contributed by atoms with van der Waals surface area (Å²) in [6, 6.07) is 7.39. The van der Waals surface area contributed by atoms with Gasteiger partial charge in [0, 0.05) is 25.1 Å². The van der Waals surface area contributed by atoms with Gasteiger partial charge < -0.3 is 10.4 Å². The fraction of sp³-hybridized carbons (Fsp3) is 0.280. The number of hydrogen-bond donors (Lipinski definition) is 4. The predicted molar refractivity (Wildman–Crippen MR) is 135 cm³/mol. The minimum absolute atomic E-state index is 0.0829. The summed E-state index contributed by atoms with van der Waals surface area (Å²) in [6.45, 7) is 5.29. The van der Waals surface area contributed by atoms with Gasteiger partial charge in [0.05, 0.1) is 17.0 Å². The molecular formula is C25H26FN9O3. The number of aryl methyl sites for hydroxylation is 1. The van der Waals surface area contributed by atoms with Gasteiger partial charge in [-0.2, -0.15) is 10.2 Å². The number of hydrogen-bond acceptors (Lipinski definition) is 8. The Balaban J connectivity index is 1.46. The topological polar surface area (TPSA) is 152 Å². The lowest BCUT2D eigenvalue weighted by Crippen LogP contribution is -2.40. The Morgan fingerprint density at radius 2 is 1.84 bits per heavy atom. The molecule has 0 bridgehead atoms. The molecule has 1 aliphatic rings. The number of carbonyl (C=O) groups is 2. The molecule has 3 aromatic heterocycles. The first kappa shape index (κ1) is 24.9. The van der Waals surface area contributed by atoms with E-state index < -0.39 is 11.8 Å². The number of amides is 2. The second-order valence-electron chi connectivity index (χ2n) is 9.16. The normalized spacial score (nSPS) is 12.8. The van der Waals surface area contributed by atoms with Gasteiger partial charge in [-0.3, -0.25) is 20.4 Å². The van der Waals surface area contributed by atoms with Gasteiger partial charge >= 0.3 is 0 Å². The van der Waals surface area contributed by atoms with Gasteiger partial charge in [0.25, 0.3) is 5.91 Å². The van der Waals surface area contributed by atoms with Crippen LogP contribution < -0.4 is 16.2 Å². The van der Waals surface area contributed by atoms with Crippen molar-refractivity contribution in [3.8, 4) is 22.8 Å². The smallest absolute Gasteiger partial charge is 0.273 e. The predicted octanol–water partition coefficient (Wildman–Crippen LogP) is 2.92. The number of hydrazine groups is 1. The minimum Gasteiger partial charge on any atom is -0.503 e. The monoisotopic (exact) mass is 519 g/mol. The van der Waals surface area contributed by atoms with Crippen LogP contribution in [0.1, 0.15) is 41.5 Å². The molecule has 1 saturated carbocycles. The van der Waals surface area contributed by atoms with Gasteiger partial charge in [0.2, 0.25) is 5.91 Å². The number of nitrogens with one attached hydrogen (secondary N) is 3. The van der Waals surface area contributed by atoms with Crippen molar-refractivity contribution in [2.24, 2.45) is 5.92 Å². The second-order valence-corrected chi connectivity index (χ2v) is 9.16. The van der Waals surface area contributed by atoms with Crippen molar-refractivity contribution in [3.05, 3.63) is 59.4 Å². The van der Waals surface area contributed by atoms with Crippen molar-refractivity contribution in [2.45, 2.75) is 40.2 Å². The van der Waals surface area contributed by atoms with Crippen LogP contribution in [0.25, 0.3) is 17.1 Å². The van der Waals surface area contributed by atoms with Crippen molar-refractivity contribution < 1.29 is 19.1 Å². The highest BCUT2D eigenvalue weighted by molar-refractivity contribution is 5.97. The molecule has 3 heterocycles. The zero-order valence-electron chi connectivity index (χ0n) is 21.0. The number of aromatic nitrogens is 6. The molecule has 5 rings (SSSR count). The summed E-state index contributed by atoms with van der Waals surface area (Å²) in [6.07, 6.45) is 3.50. The highest BCUT2D eigenvalue weighted by Crippen LogP contribution is 2.39. The van der Waals surface area contributed by atoms with Gasteiger partial charge in [0.1, 0.15) is 23.7 Å². The zero-order valence-corrected chi connectivity index (χ0v) is 21.0. The quantitative estimate of drug-likeness (QED) is 0.272. The van der Waals surface area contributed by atoms with Gasteiger partial charge in [-0.05, 0) is 56.9 Å². The van der Waals surface area contributed by atoms with Crippen LogP contribution >= 0.6 is 0 Å². The number of aromatic hydroxyl groups is 1. The number of rotatable bonds is 7. The average Bonchev–Trinajstić information content (AvgIpc) is 3.59. The third-order valence-corrected chi connectivity index (χ3v) is 6.16. The third kappa shape index (κ3) is 5.03. The molecule has 38 heavy (non-hydrogen) atoms. The van der Waals surface area contributed by atoms with Crippen LogP contribution in [0, 0.1) is 25.6 Å². The first-order valence-corrected chi connectivity index (χ1v) is 12.0. The molecule has 1 aliphatic carbocycles. The summed E-state index contributed by atoms with van der Waals surface area (Å²) in [5.41, 5.74) is 6.78. The number of carbonyl (C=O) groups excluding carboxylic acids is 2. The molecule has 4 aromatic rings. The maximum atomic E-state index is 13.4. The van der Waals surface area contributed by atoms with Gasteiger partial charge in [-0.25, -0.2) is 23.7 Å². The Morgan fingerprint density at radius 1 is 1.11 bits per heavy atom. The van der Waals surface area contributed by atoms with E-state index in [4.69, 9.17) is 0 Å². The van der Waals surface area contributed by atoms with E-state index in [1.165, 1.54) is 30.1 Å². The van der Waals surface area contributed by atoms with E-state index in [0.717, 1.165) is 12.8 Å². The van der Waals surface area contributed by atoms with Crippen LogP contribution in [0.15, 0.2) is 36.7 Å². The lowest BCUT2D eigenvalue weighted by molar-refractivity contribution is -0.119. The number of anilines is 2. The zero-order chi connectivity index (χ0) is 27.0. The summed E-state index contributed by atoms with van der Waals surface area (Å²) >= 11 is 0. The van der Waals surface area contributed by atoms with Crippen molar-refractivity contribution in [2.75, 3.05) is 5.32 Å². The van der Waals surface area contributed by atoms with Crippen LogP contribution in [-0.2, 0) is 11.3 Å². The van der Waals surface area contributed by atoms with E-state index in [1.54, 1.807) is 36.7 Å². The first-order chi connectivity index (χ1) is 18.2. The molecule has 0 atom stereocenters. The van der Waals surface area contributed by atoms with Crippen molar-refractivity contribution in [3.63, 3.8) is 0 Å². The molecule has 196 valence electrons. The number of halogens is 1. The van der Waals surface area contributed by atoms with Gasteiger partial charge in [-0.1, -0.05) is 0 Å². The molecule has 12 nitrogen and oxygen atoms in total. The van der Waals surface area contributed by atoms with Crippen molar-refractivity contribution in [1.82, 2.24) is 40.4 Å². The Bertz CT molecular complexity index is 1520. The van der Waals surface area contributed by atoms with Crippen LogP contribution in [0.3, 0.4) is 0 Å². The Hall–Kier alpha value is -4.81. The summed E-state index contributed by atoms with van der Waals surface area (Å²) in [7, 11) is 0. The van der Waals surface area contributed by atoms with Crippen LogP contribution in [0.5, 0.6) is 5.75 Å². The number of nitrogens with zero attached hydrogens (tertiary/aromatic N) is 6. The Morgan fingerprint density at radius 3 is 2.53 bits per heavy atom. The standard InChI is InChI=1S/C25H26FN9O3/c1-13-21(25(38)31-30-15(3)36)14(2)35(32-13)20-10-19(27-12-28-20)29-24-23(37)22(17-6-8-18(26)9-7-17)33-34(24)11-16-4-5-16/h6-10,12,16,37H,4-5,11H2,1-3H3,(H,30,36)(H,31,38)(H,27,28,29). The lowest BCUT2D eigenvalue weighted by Gasteiger charge is -2.11. The van der Waals surface area contributed by atoms with Crippen LogP contribution in [0.4, 0.5) is 16.0 Å². The van der Waals surface area contributed by atoms with Gasteiger partial charge in [0.15, 0.2) is 17.4 Å². The molecular weight excluding hydrogens is 493 g/mol. The minimum atomic E-state index is -0.504. The van der Waals surface area contributed by atoms with Crippen molar-refractivity contribution in [1.29, 1.82) is 0 Å². The maximum absolute atomic E-state index is 13.4. The Kier molecular flexibility index (Phi) is 6.49. The summed E-state index contributed by atoms with van der Waals surface area (Å²) < 4.78 is 16.6. The fourth-order valence-corrected chi connectivity index (χ4v) is 4.11. The van der Waals surface area contributed by atoms with E-state index in [2.05, 4.69) is 36.3 Å². The van der Waals surface area contributed by atoms with E-state index in [9.17, 15) is 19.1 Å². The van der Waals surface area contributed by atoms with E-state index in [1.807, 2.05) is 0 Å². The highest BCUT2D eigenvalue weighted by atomic mass is 19.1. The molecule has 1 fully saturated rings. The van der Waals surface area contributed by atoms with Crippen LogP contribution in [-0.4, -0.2) is 46.4 Å². The maximum Gasteiger partial charge on any atom is 0.273 e. The van der Waals surface area contributed by atoms with Crippen LogP contribution in [0.2, 0.25) is 0 Å². The molecule has 4 N–H and O–H groups in total. The second kappa shape index (κ2) is 9.92. The first-order valence-electron chi connectivity index (χ1n) is 12.0. The fourth-order valence-electron chi connectivity index (χ4n) is 4.11.